The van der Waals surface area contributed by atoms with Gasteiger partial charge in [-0.15, -0.1) is 0 Å². The number of nitriles is 1. The molecule has 0 aliphatic carbocycles. The molecular formula is C20H18N4OS. The Morgan fingerprint density at radius 3 is 2.73 bits per heavy atom. The van der Waals surface area contributed by atoms with Crippen LogP contribution in [0.25, 0.3) is 0 Å². The van der Waals surface area contributed by atoms with E-state index in [1.54, 1.807) is 7.11 Å². The zero-order chi connectivity index (χ0) is 18.1. The Kier molecular flexibility index (Phi) is 4.39. The van der Waals surface area contributed by atoms with Gasteiger partial charge in [-0.3, -0.25) is 10.4 Å². The number of thioether (sulfide) groups is 1. The highest BCUT2D eigenvalue weighted by Crippen LogP contribution is 2.39. The standard InChI is InChI=1S/C20H18N4OS/c1-25-15-8-6-14(7-9-15)18-16(12-21)19(22)26-20(23-18)24-11-10-13-4-2-3-5-17(13)24/h2-9,16,18,22H,10-11H2,1H3/t16-,18-/m0/s1. The molecule has 2 aliphatic rings. The summed E-state index contributed by atoms with van der Waals surface area (Å²) in [5.41, 5.74) is 3.37. The first-order valence-corrected chi connectivity index (χ1v) is 9.26. The van der Waals surface area contributed by atoms with Gasteiger partial charge in [0, 0.05) is 12.2 Å². The molecule has 0 unspecified atom stereocenters. The molecular weight excluding hydrogens is 344 g/mol. The number of anilines is 1. The van der Waals surface area contributed by atoms with E-state index in [0.717, 1.165) is 35.1 Å². The van der Waals surface area contributed by atoms with E-state index in [1.807, 2.05) is 36.4 Å². The summed E-state index contributed by atoms with van der Waals surface area (Å²) in [7, 11) is 1.63. The number of methoxy groups -OCH3 is 1. The molecule has 0 spiro atoms. The van der Waals surface area contributed by atoms with Crippen LogP contribution in [0.5, 0.6) is 5.75 Å². The Labute approximate surface area is 156 Å². The van der Waals surface area contributed by atoms with Crippen molar-refractivity contribution in [2.75, 3.05) is 18.6 Å². The van der Waals surface area contributed by atoms with E-state index in [0.29, 0.717) is 5.04 Å². The smallest absolute Gasteiger partial charge is 0.170 e. The lowest BCUT2D eigenvalue weighted by molar-refractivity contribution is 0.414. The van der Waals surface area contributed by atoms with Gasteiger partial charge in [0.1, 0.15) is 11.7 Å². The minimum atomic E-state index is -0.560. The zero-order valence-electron chi connectivity index (χ0n) is 14.3. The molecule has 2 atom stereocenters. The van der Waals surface area contributed by atoms with Crippen molar-refractivity contribution >= 4 is 27.7 Å². The number of fused-ring (bicyclic) bond motifs is 1. The largest absolute Gasteiger partial charge is 0.497 e. The van der Waals surface area contributed by atoms with E-state index in [2.05, 4.69) is 23.1 Å². The maximum Gasteiger partial charge on any atom is 0.170 e. The maximum absolute atomic E-state index is 9.59. The molecule has 1 N–H and O–H groups in total. The van der Waals surface area contributed by atoms with E-state index >= 15 is 0 Å². The molecule has 0 fully saturated rings. The van der Waals surface area contributed by atoms with Crippen molar-refractivity contribution in [3.05, 3.63) is 59.7 Å². The first-order chi connectivity index (χ1) is 12.7. The molecule has 2 aliphatic heterocycles. The Morgan fingerprint density at radius 1 is 1.23 bits per heavy atom. The highest BCUT2D eigenvalue weighted by Gasteiger charge is 2.36. The van der Waals surface area contributed by atoms with Crippen molar-refractivity contribution in [2.45, 2.75) is 12.5 Å². The lowest BCUT2D eigenvalue weighted by Gasteiger charge is -2.30. The number of amidine groups is 1. The van der Waals surface area contributed by atoms with Crippen molar-refractivity contribution in [3.63, 3.8) is 0 Å². The predicted molar refractivity (Wildman–Crippen MR) is 105 cm³/mol. The number of benzene rings is 2. The van der Waals surface area contributed by atoms with Gasteiger partial charge in [0.05, 0.1) is 24.3 Å². The Morgan fingerprint density at radius 2 is 2.00 bits per heavy atom. The number of aliphatic imine (C=N–C) groups is 1. The van der Waals surface area contributed by atoms with E-state index in [9.17, 15) is 5.26 Å². The van der Waals surface area contributed by atoms with Gasteiger partial charge in [-0.1, -0.05) is 30.3 Å². The predicted octanol–water partition coefficient (Wildman–Crippen LogP) is 4.02. The van der Waals surface area contributed by atoms with Gasteiger partial charge < -0.3 is 9.64 Å². The van der Waals surface area contributed by atoms with Gasteiger partial charge >= 0.3 is 0 Å². The average molecular weight is 362 g/mol. The summed E-state index contributed by atoms with van der Waals surface area (Å²) in [5, 5.41) is 19.1. The minimum Gasteiger partial charge on any atom is -0.497 e. The lowest BCUT2D eigenvalue weighted by Crippen LogP contribution is -2.34. The number of nitrogens with one attached hydrogen (secondary N) is 1. The van der Waals surface area contributed by atoms with E-state index in [4.69, 9.17) is 15.1 Å². The molecule has 2 heterocycles. The average Bonchev–Trinajstić information content (AvgIpc) is 3.11. The van der Waals surface area contributed by atoms with Crippen LogP contribution in [0, 0.1) is 22.7 Å². The van der Waals surface area contributed by atoms with E-state index < -0.39 is 5.92 Å². The number of hydrogen-bond acceptors (Lipinski definition) is 6. The molecule has 0 aromatic heterocycles. The second kappa shape index (κ2) is 6.85. The maximum atomic E-state index is 9.59. The minimum absolute atomic E-state index is 0.350. The summed E-state index contributed by atoms with van der Waals surface area (Å²) in [6, 6.07) is 17.8. The van der Waals surface area contributed by atoms with Crippen LogP contribution in [0.2, 0.25) is 0 Å². The first-order valence-electron chi connectivity index (χ1n) is 8.44. The van der Waals surface area contributed by atoms with Gasteiger partial charge in [0.15, 0.2) is 5.17 Å². The molecule has 0 saturated carbocycles. The summed E-state index contributed by atoms with van der Waals surface area (Å²) >= 11 is 1.30. The monoisotopic (exact) mass is 362 g/mol. The second-order valence-corrected chi connectivity index (χ2v) is 7.24. The van der Waals surface area contributed by atoms with E-state index in [-0.39, 0.29) is 6.04 Å². The van der Waals surface area contributed by atoms with Crippen LogP contribution >= 0.6 is 11.8 Å². The molecule has 0 saturated heterocycles. The van der Waals surface area contributed by atoms with Crippen molar-refractivity contribution in [2.24, 2.45) is 10.9 Å². The quantitative estimate of drug-likeness (QED) is 0.876. The number of para-hydroxylation sites is 1. The molecule has 0 amide bonds. The number of nitrogens with zero attached hydrogens (tertiary/aromatic N) is 3. The van der Waals surface area contributed by atoms with Gasteiger partial charge in [-0.25, -0.2) is 0 Å². The fraction of sp³-hybridized carbons (Fsp3) is 0.250. The van der Waals surface area contributed by atoms with Crippen molar-refractivity contribution < 1.29 is 4.74 Å². The molecule has 2 aromatic rings. The van der Waals surface area contributed by atoms with E-state index in [1.165, 1.54) is 17.3 Å². The van der Waals surface area contributed by atoms with Crippen LogP contribution in [0.15, 0.2) is 53.5 Å². The van der Waals surface area contributed by atoms with Gasteiger partial charge in [-0.2, -0.15) is 5.26 Å². The van der Waals surface area contributed by atoms with Crippen molar-refractivity contribution in [3.8, 4) is 11.8 Å². The lowest BCUT2D eigenvalue weighted by atomic mass is 9.95. The third-order valence-electron chi connectivity index (χ3n) is 4.76. The molecule has 2 aromatic carbocycles. The Hall–Kier alpha value is -2.78. The third-order valence-corrected chi connectivity index (χ3v) is 5.75. The molecule has 0 bridgehead atoms. The van der Waals surface area contributed by atoms with Crippen LogP contribution < -0.4 is 9.64 Å². The highest BCUT2D eigenvalue weighted by molar-refractivity contribution is 8.26. The van der Waals surface area contributed by atoms with Crippen LogP contribution in [0.4, 0.5) is 5.69 Å². The molecule has 5 nitrogen and oxygen atoms in total. The van der Waals surface area contributed by atoms with Crippen LogP contribution in [0.3, 0.4) is 0 Å². The Bertz CT molecular complexity index is 916. The third kappa shape index (κ3) is 2.85. The molecule has 0 radical (unpaired) electrons. The van der Waals surface area contributed by atoms with Crippen molar-refractivity contribution in [1.82, 2.24) is 0 Å². The number of hydrogen-bond donors (Lipinski definition) is 1. The molecule has 4 rings (SSSR count). The zero-order valence-corrected chi connectivity index (χ0v) is 15.2. The van der Waals surface area contributed by atoms with Gasteiger partial charge in [0.2, 0.25) is 0 Å². The number of rotatable bonds is 2. The fourth-order valence-electron chi connectivity index (χ4n) is 3.38. The summed E-state index contributed by atoms with van der Waals surface area (Å²) in [4.78, 5) is 7.06. The second-order valence-electron chi connectivity index (χ2n) is 6.23. The fourth-order valence-corrected chi connectivity index (χ4v) is 4.36. The van der Waals surface area contributed by atoms with Crippen LogP contribution in [-0.4, -0.2) is 23.9 Å². The van der Waals surface area contributed by atoms with Gasteiger partial charge in [-0.05, 0) is 47.5 Å². The summed E-state index contributed by atoms with van der Waals surface area (Å²) < 4.78 is 5.22. The topological polar surface area (TPSA) is 72.5 Å². The summed E-state index contributed by atoms with van der Waals surface area (Å²) in [6.07, 6.45) is 0.970. The van der Waals surface area contributed by atoms with Crippen molar-refractivity contribution in [1.29, 1.82) is 10.7 Å². The van der Waals surface area contributed by atoms with Crippen LogP contribution in [-0.2, 0) is 6.42 Å². The summed E-state index contributed by atoms with van der Waals surface area (Å²) in [6.45, 7) is 0.852. The first kappa shape index (κ1) is 16.7. The molecule has 130 valence electrons. The molecule has 26 heavy (non-hydrogen) atoms. The highest BCUT2D eigenvalue weighted by atomic mass is 32.2. The Balaban J connectivity index is 1.73. The van der Waals surface area contributed by atoms with Gasteiger partial charge in [0.25, 0.3) is 0 Å². The summed E-state index contributed by atoms with van der Waals surface area (Å²) in [5.74, 6) is 0.204. The molecule has 6 heteroatoms. The van der Waals surface area contributed by atoms with Crippen LogP contribution in [0.1, 0.15) is 17.2 Å². The number of ether oxygens (including phenoxy) is 1. The normalized spacial score (nSPS) is 21.8. The SMILES string of the molecule is COc1ccc([C@@H]2N=C(N3CCc4ccccc43)SC(=N)[C@H]2C#N)cc1.